The summed E-state index contributed by atoms with van der Waals surface area (Å²) in [5.74, 6) is 0.795. The SMILES string of the molecule is Cl[Si-2]12(c3ccccc3)(Oc3cccc[n+]3O1)Oc1cccc[n+]1O2. The van der Waals surface area contributed by atoms with E-state index in [1.165, 1.54) is 9.46 Å². The van der Waals surface area contributed by atoms with Crippen LogP contribution in [0.1, 0.15) is 0 Å². The van der Waals surface area contributed by atoms with Crippen LogP contribution in [-0.4, -0.2) is 6.91 Å². The molecular weight excluding hydrogens is 348 g/mol. The minimum absolute atomic E-state index is 0.397. The summed E-state index contributed by atoms with van der Waals surface area (Å²) in [7, 11) is 0. The average Bonchev–Trinajstić information content (AvgIpc) is 3.05. The summed E-state index contributed by atoms with van der Waals surface area (Å²) in [5, 5.41) is 0.488. The average molecular weight is 361 g/mol. The molecular formula is C16H13ClN2O4Si. The van der Waals surface area contributed by atoms with Crippen molar-refractivity contribution in [2.75, 3.05) is 0 Å². The molecule has 0 bridgehead atoms. The van der Waals surface area contributed by atoms with E-state index in [1.54, 1.807) is 48.8 Å². The summed E-state index contributed by atoms with van der Waals surface area (Å²) in [6.45, 7) is -5.62. The van der Waals surface area contributed by atoms with Crippen molar-refractivity contribution in [3.8, 4) is 11.8 Å². The number of halogens is 1. The Bertz CT molecular complexity index is 881. The Morgan fingerprint density at radius 3 is 1.67 bits per heavy atom. The molecule has 0 saturated heterocycles. The molecule has 6 nitrogen and oxygen atoms in total. The summed E-state index contributed by atoms with van der Waals surface area (Å²) >= 11 is 7.20. The molecule has 2 aliphatic heterocycles. The van der Waals surface area contributed by atoms with Crippen molar-refractivity contribution in [1.82, 2.24) is 0 Å². The van der Waals surface area contributed by atoms with E-state index < -0.39 is 6.91 Å². The second-order valence-corrected chi connectivity index (χ2v) is 12.2. The van der Waals surface area contributed by atoms with E-state index in [9.17, 15) is 0 Å². The fourth-order valence-electron chi connectivity index (χ4n) is 3.10. The van der Waals surface area contributed by atoms with E-state index in [1.807, 2.05) is 30.3 Å². The van der Waals surface area contributed by atoms with Crippen molar-refractivity contribution in [3.05, 3.63) is 79.1 Å². The second-order valence-electron chi connectivity index (χ2n) is 5.79. The molecule has 3 aromatic rings. The normalized spacial score (nSPS) is 22.9. The number of nitrogens with zero attached hydrogens (tertiary/aromatic N) is 2. The first-order valence-corrected chi connectivity index (χ1v) is 11.1. The van der Waals surface area contributed by atoms with Crippen molar-refractivity contribution in [3.63, 3.8) is 0 Å². The van der Waals surface area contributed by atoms with Gasteiger partial charge >= 0.3 is 141 Å². The van der Waals surface area contributed by atoms with Crippen LogP contribution in [0.5, 0.6) is 11.8 Å². The number of fused-ring (bicyclic) bond motifs is 2. The van der Waals surface area contributed by atoms with Crippen LogP contribution in [-0.2, 0) is 0 Å². The summed E-state index contributed by atoms with van der Waals surface area (Å²) in [6.07, 6.45) is 3.38. The van der Waals surface area contributed by atoms with Gasteiger partial charge in [-0.1, -0.05) is 0 Å². The van der Waals surface area contributed by atoms with Gasteiger partial charge in [-0.15, -0.1) is 0 Å². The van der Waals surface area contributed by atoms with Gasteiger partial charge in [-0.2, -0.15) is 0 Å². The molecule has 0 unspecified atom stereocenters. The van der Waals surface area contributed by atoms with Crippen molar-refractivity contribution >= 4 is 23.2 Å². The molecule has 0 aliphatic carbocycles. The van der Waals surface area contributed by atoms with Crippen LogP contribution in [0, 0.1) is 0 Å². The standard InChI is InChI=1S/C16H13ClN2O4Si/c17-24(14-8-2-1-3-9-14,20-15-10-4-6-12-18(15)22-24)21-16-11-5-7-13-19(16)23-24/h1-13H. The van der Waals surface area contributed by atoms with Crippen LogP contribution >= 0.6 is 11.1 Å². The van der Waals surface area contributed by atoms with Gasteiger partial charge in [0, 0.05) is 0 Å². The molecule has 0 fully saturated rings. The Balaban J connectivity index is 1.83. The predicted molar refractivity (Wildman–Crippen MR) is 85.4 cm³/mol. The molecule has 122 valence electrons. The van der Waals surface area contributed by atoms with E-state index in [4.69, 9.17) is 29.0 Å². The molecule has 0 saturated carbocycles. The van der Waals surface area contributed by atoms with Gasteiger partial charge in [0.2, 0.25) is 0 Å². The van der Waals surface area contributed by atoms with Crippen molar-refractivity contribution in [1.29, 1.82) is 0 Å². The zero-order valence-electron chi connectivity index (χ0n) is 12.4. The Labute approximate surface area is 141 Å². The van der Waals surface area contributed by atoms with Gasteiger partial charge in [0.15, 0.2) is 0 Å². The number of hydrogen-bond donors (Lipinski definition) is 0. The Hall–Kier alpha value is -2.77. The molecule has 1 aromatic carbocycles. The molecule has 0 atom stereocenters. The molecule has 8 heteroatoms. The molecule has 0 N–H and O–H groups in total. The molecule has 4 heterocycles. The zero-order valence-corrected chi connectivity index (χ0v) is 14.2. The van der Waals surface area contributed by atoms with Gasteiger partial charge < -0.3 is 0 Å². The van der Waals surface area contributed by atoms with Gasteiger partial charge in [0.1, 0.15) is 0 Å². The number of benzene rings is 1. The van der Waals surface area contributed by atoms with Crippen molar-refractivity contribution in [2.24, 2.45) is 0 Å². The molecule has 2 aliphatic rings. The molecule has 5 rings (SSSR count). The van der Waals surface area contributed by atoms with Crippen LogP contribution in [0.3, 0.4) is 0 Å². The summed E-state index contributed by atoms with van der Waals surface area (Å²) in [6, 6.07) is 19.8. The van der Waals surface area contributed by atoms with Crippen LogP contribution in [0.25, 0.3) is 0 Å². The van der Waals surface area contributed by atoms with Gasteiger partial charge in [-0.3, -0.25) is 0 Å². The number of hydrogen-bond acceptors (Lipinski definition) is 4. The van der Waals surface area contributed by atoms with Gasteiger partial charge in [0.25, 0.3) is 0 Å². The van der Waals surface area contributed by atoms with E-state index in [-0.39, 0.29) is 0 Å². The Morgan fingerprint density at radius 1 is 0.667 bits per heavy atom. The third kappa shape index (κ3) is 1.50. The fraction of sp³-hybridized carbons (Fsp3) is 0. The molecule has 1 spiro atoms. The molecule has 0 radical (unpaired) electrons. The summed E-state index contributed by atoms with van der Waals surface area (Å²) < 4.78 is 27.5. The molecule has 2 aromatic heterocycles. The van der Waals surface area contributed by atoms with E-state index >= 15 is 0 Å². The fourth-order valence-corrected chi connectivity index (χ4v) is 8.25. The summed E-state index contributed by atoms with van der Waals surface area (Å²) in [4.78, 5) is 0. The van der Waals surface area contributed by atoms with Crippen LogP contribution in [0.4, 0.5) is 0 Å². The second kappa shape index (κ2) is 3.82. The minimum atomic E-state index is -5.62. The number of aromatic nitrogens is 2. The third-order valence-electron chi connectivity index (χ3n) is 4.15. The maximum atomic E-state index is 7.20. The number of rotatable bonds is 1. The van der Waals surface area contributed by atoms with E-state index in [0.29, 0.717) is 16.9 Å². The first kappa shape index (κ1) is 13.6. The third-order valence-corrected chi connectivity index (χ3v) is 9.61. The van der Waals surface area contributed by atoms with Crippen LogP contribution < -0.4 is 32.6 Å². The van der Waals surface area contributed by atoms with Crippen molar-refractivity contribution < 1.29 is 27.4 Å². The maximum absolute atomic E-state index is 7.20. The van der Waals surface area contributed by atoms with Crippen LogP contribution in [0.15, 0.2) is 79.1 Å². The zero-order chi connectivity index (χ0) is 16.3. The van der Waals surface area contributed by atoms with Gasteiger partial charge in [-0.05, 0) is 0 Å². The predicted octanol–water partition coefficient (Wildman–Crippen LogP) is 0.590. The molecule has 0 amide bonds. The first-order valence-electron chi connectivity index (χ1n) is 7.48. The summed E-state index contributed by atoms with van der Waals surface area (Å²) in [5.41, 5.74) is 0. The Morgan fingerprint density at radius 2 is 1.17 bits per heavy atom. The van der Waals surface area contributed by atoms with Crippen LogP contribution in [0.2, 0.25) is 0 Å². The Kier molecular flexibility index (Phi) is 2.17. The van der Waals surface area contributed by atoms with Crippen molar-refractivity contribution in [2.45, 2.75) is 0 Å². The monoisotopic (exact) mass is 360 g/mol. The van der Waals surface area contributed by atoms with E-state index in [2.05, 4.69) is 0 Å². The quantitative estimate of drug-likeness (QED) is 0.362. The topological polar surface area (TPSA) is 44.7 Å². The van der Waals surface area contributed by atoms with Gasteiger partial charge in [0.05, 0.1) is 0 Å². The number of pyridine rings is 2. The molecule has 24 heavy (non-hydrogen) atoms. The van der Waals surface area contributed by atoms with Gasteiger partial charge in [-0.25, -0.2) is 0 Å². The first-order chi connectivity index (χ1) is 11.5. The van der Waals surface area contributed by atoms with E-state index in [0.717, 1.165) is 0 Å².